The average molecular weight is 407 g/mol. The van der Waals surface area contributed by atoms with E-state index in [-0.39, 0.29) is 42.2 Å². The molecule has 0 bridgehead atoms. The van der Waals surface area contributed by atoms with E-state index >= 15 is 0 Å². The normalized spacial score (nSPS) is 37.4. The molecule has 7 nitrogen and oxygen atoms in total. The summed E-state index contributed by atoms with van der Waals surface area (Å²) in [7, 11) is 0. The Bertz CT molecular complexity index is 751. The lowest BCUT2D eigenvalue weighted by Crippen LogP contribution is -2.54. The van der Waals surface area contributed by atoms with Gasteiger partial charge < -0.3 is 19.6 Å². The van der Waals surface area contributed by atoms with E-state index in [2.05, 4.69) is 0 Å². The summed E-state index contributed by atoms with van der Waals surface area (Å²) in [6.45, 7) is 4.52. The first-order chi connectivity index (χ1) is 13.4. The van der Waals surface area contributed by atoms with Crippen LogP contribution < -0.4 is 0 Å². The molecule has 0 radical (unpaired) electrons. The number of aliphatic hydroxyl groups is 1. The van der Waals surface area contributed by atoms with E-state index in [0.717, 1.165) is 0 Å². The van der Waals surface area contributed by atoms with Crippen molar-refractivity contribution in [1.82, 2.24) is 9.80 Å². The SMILES string of the molecule is CC(C)N1CC=C[C@]23S[C@@H]4C=CCCOC(=O)[C@@H]4[C@H]2C(=O)N(CCO)C3C1=O. The minimum Gasteiger partial charge on any atom is -0.465 e. The van der Waals surface area contributed by atoms with Crippen molar-refractivity contribution in [1.29, 1.82) is 0 Å². The topological polar surface area (TPSA) is 87.2 Å². The Morgan fingerprint density at radius 1 is 1.29 bits per heavy atom. The second kappa shape index (κ2) is 7.22. The van der Waals surface area contributed by atoms with Gasteiger partial charge in [-0.3, -0.25) is 14.4 Å². The lowest BCUT2D eigenvalue weighted by molar-refractivity contribution is -0.153. The Kier molecular flexibility index (Phi) is 5.03. The standard InChI is InChI=1S/C20H26N2O5S/c1-12(2)21-8-5-7-20-15(17(24)22(9-10-23)16(20)18(21)25)14-13(28-20)6-3-4-11-27-19(14)26/h3,5-7,12-16,23H,4,8-11H2,1-2H3/t13-,14+,15+,16?,20+/m1/s1. The van der Waals surface area contributed by atoms with E-state index in [1.54, 1.807) is 4.90 Å². The zero-order valence-corrected chi connectivity index (χ0v) is 16.9. The van der Waals surface area contributed by atoms with Crippen LogP contribution in [0, 0.1) is 11.8 Å². The van der Waals surface area contributed by atoms with Crippen LogP contribution in [0.3, 0.4) is 0 Å². The molecule has 4 aliphatic heterocycles. The number of hydrogen-bond donors (Lipinski definition) is 1. The Morgan fingerprint density at radius 3 is 2.79 bits per heavy atom. The van der Waals surface area contributed by atoms with Gasteiger partial charge in [-0.25, -0.2) is 0 Å². The minimum absolute atomic E-state index is 0.0117. The van der Waals surface area contributed by atoms with Crippen molar-refractivity contribution in [3.63, 3.8) is 0 Å². The fraction of sp³-hybridized carbons (Fsp3) is 0.650. The number of likely N-dealkylation sites (tertiary alicyclic amines) is 1. The van der Waals surface area contributed by atoms with Crippen molar-refractivity contribution in [2.75, 3.05) is 26.3 Å². The van der Waals surface area contributed by atoms with Crippen molar-refractivity contribution in [2.24, 2.45) is 11.8 Å². The summed E-state index contributed by atoms with van der Waals surface area (Å²) < 4.78 is 4.58. The van der Waals surface area contributed by atoms with Gasteiger partial charge in [-0.1, -0.05) is 24.3 Å². The van der Waals surface area contributed by atoms with Gasteiger partial charge in [-0.05, 0) is 20.3 Å². The van der Waals surface area contributed by atoms with Crippen LogP contribution in [0.5, 0.6) is 0 Å². The van der Waals surface area contributed by atoms with Crippen molar-refractivity contribution < 1.29 is 24.2 Å². The summed E-state index contributed by atoms with van der Waals surface area (Å²) in [4.78, 5) is 43.0. The monoisotopic (exact) mass is 406 g/mol. The largest absolute Gasteiger partial charge is 0.465 e. The molecule has 8 heteroatoms. The van der Waals surface area contributed by atoms with Crippen molar-refractivity contribution in [3.05, 3.63) is 24.3 Å². The van der Waals surface area contributed by atoms with E-state index in [4.69, 9.17) is 4.74 Å². The Balaban J connectivity index is 1.84. The highest BCUT2D eigenvalue weighted by Gasteiger charge is 2.70. The van der Waals surface area contributed by atoms with E-state index in [0.29, 0.717) is 19.6 Å². The quantitative estimate of drug-likeness (QED) is 0.545. The predicted octanol–water partition coefficient (Wildman–Crippen LogP) is 0.586. The number of aliphatic hydroxyl groups excluding tert-OH is 1. The molecule has 1 spiro atoms. The van der Waals surface area contributed by atoms with Gasteiger partial charge in [0.25, 0.3) is 0 Å². The summed E-state index contributed by atoms with van der Waals surface area (Å²) in [5.74, 6) is -2.02. The maximum Gasteiger partial charge on any atom is 0.311 e. The van der Waals surface area contributed by atoms with Crippen LogP contribution in [-0.2, 0) is 19.1 Å². The number of β-amino-alcohol motifs (C(OH)–C–C–N with tert-alkyl or cyclic N) is 1. The minimum atomic E-state index is -0.823. The first kappa shape index (κ1) is 19.5. The van der Waals surface area contributed by atoms with Crippen LogP contribution in [0.25, 0.3) is 0 Å². The molecule has 0 aliphatic carbocycles. The second-order valence-electron chi connectivity index (χ2n) is 7.97. The molecule has 1 N–H and O–H groups in total. The third-order valence-electron chi connectivity index (χ3n) is 6.12. The molecule has 4 heterocycles. The first-order valence-corrected chi connectivity index (χ1v) is 10.7. The Labute approximate surface area is 168 Å². The summed E-state index contributed by atoms with van der Waals surface area (Å²) in [5.41, 5.74) is 0. The Hall–Kier alpha value is -1.80. The third-order valence-corrected chi connectivity index (χ3v) is 7.86. The molecule has 152 valence electrons. The second-order valence-corrected chi connectivity index (χ2v) is 9.46. The summed E-state index contributed by atoms with van der Waals surface area (Å²) >= 11 is 1.52. The van der Waals surface area contributed by atoms with Crippen LogP contribution >= 0.6 is 11.8 Å². The molecule has 4 rings (SSSR count). The number of nitrogens with zero attached hydrogens (tertiary/aromatic N) is 2. The highest BCUT2D eigenvalue weighted by atomic mass is 32.2. The molecule has 0 aromatic rings. The van der Waals surface area contributed by atoms with Crippen molar-refractivity contribution in [3.8, 4) is 0 Å². The maximum atomic E-state index is 13.5. The van der Waals surface area contributed by atoms with E-state index in [9.17, 15) is 19.5 Å². The van der Waals surface area contributed by atoms with Gasteiger partial charge in [0.1, 0.15) is 6.04 Å². The zero-order chi connectivity index (χ0) is 20.1. The van der Waals surface area contributed by atoms with Gasteiger partial charge in [-0.15, -0.1) is 11.8 Å². The fourth-order valence-corrected chi connectivity index (χ4v) is 6.94. The zero-order valence-electron chi connectivity index (χ0n) is 16.1. The number of hydrogen-bond acceptors (Lipinski definition) is 6. The maximum absolute atomic E-state index is 13.5. The van der Waals surface area contributed by atoms with E-state index in [1.807, 2.05) is 38.2 Å². The molecule has 0 aromatic carbocycles. The molecule has 5 atom stereocenters. The van der Waals surface area contributed by atoms with Gasteiger partial charge in [0.05, 0.1) is 29.8 Å². The molecule has 2 fully saturated rings. The van der Waals surface area contributed by atoms with Gasteiger partial charge in [0.15, 0.2) is 0 Å². The van der Waals surface area contributed by atoms with Crippen LogP contribution in [-0.4, -0.2) is 81.1 Å². The number of fused-ring (bicyclic) bond motifs is 2. The number of thioether (sulfide) groups is 1. The van der Waals surface area contributed by atoms with Gasteiger partial charge in [0.2, 0.25) is 11.8 Å². The predicted molar refractivity (Wildman–Crippen MR) is 104 cm³/mol. The molecule has 2 amide bonds. The molecular weight excluding hydrogens is 380 g/mol. The van der Waals surface area contributed by atoms with E-state index < -0.39 is 22.6 Å². The average Bonchev–Trinajstić information content (AvgIpc) is 3.00. The first-order valence-electron chi connectivity index (χ1n) is 9.83. The number of amides is 2. The summed E-state index contributed by atoms with van der Waals surface area (Å²) in [5, 5.41) is 9.34. The number of cyclic esters (lactones) is 1. The lowest BCUT2D eigenvalue weighted by atomic mass is 9.78. The fourth-order valence-electron chi connectivity index (χ4n) is 4.94. The number of carbonyl (C=O) groups excluding carboxylic acids is 3. The number of rotatable bonds is 3. The van der Waals surface area contributed by atoms with E-state index in [1.165, 1.54) is 16.7 Å². The molecule has 1 unspecified atom stereocenters. The molecule has 28 heavy (non-hydrogen) atoms. The highest BCUT2D eigenvalue weighted by Crippen LogP contribution is 2.60. The molecule has 0 aromatic heterocycles. The highest BCUT2D eigenvalue weighted by molar-refractivity contribution is 8.02. The summed E-state index contributed by atoms with van der Waals surface area (Å²) in [6.07, 6.45) is 8.54. The van der Waals surface area contributed by atoms with Gasteiger partial charge in [0, 0.05) is 24.4 Å². The number of carbonyl (C=O) groups is 3. The number of ether oxygens (including phenoxy) is 1. The van der Waals surface area contributed by atoms with Crippen LogP contribution in [0.1, 0.15) is 20.3 Å². The molecule has 0 saturated carbocycles. The number of esters is 1. The molecule has 4 aliphatic rings. The molecular formula is C20H26N2O5S. The Morgan fingerprint density at radius 2 is 2.07 bits per heavy atom. The van der Waals surface area contributed by atoms with Crippen molar-refractivity contribution in [2.45, 2.75) is 42.3 Å². The van der Waals surface area contributed by atoms with Crippen molar-refractivity contribution >= 4 is 29.5 Å². The van der Waals surface area contributed by atoms with Gasteiger partial charge in [-0.2, -0.15) is 0 Å². The van der Waals surface area contributed by atoms with Crippen LogP contribution in [0.4, 0.5) is 0 Å². The van der Waals surface area contributed by atoms with Gasteiger partial charge >= 0.3 is 5.97 Å². The molecule has 2 saturated heterocycles. The van der Waals surface area contributed by atoms with Crippen LogP contribution in [0.15, 0.2) is 24.3 Å². The lowest BCUT2D eigenvalue weighted by Gasteiger charge is -2.36. The third kappa shape index (κ3) is 2.72. The van der Waals surface area contributed by atoms with Crippen LogP contribution in [0.2, 0.25) is 0 Å². The summed E-state index contributed by atoms with van der Waals surface area (Å²) in [6, 6.07) is -0.736. The smallest absolute Gasteiger partial charge is 0.311 e.